The normalized spacial score (nSPS) is 12.0. The Balaban J connectivity index is 1.53. The van der Waals surface area contributed by atoms with Gasteiger partial charge >= 0.3 is 0 Å². The Morgan fingerprint density at radius 2 is 1.97 bits per heavy atom. The number of aryl methyl sites for hydroxylation is 2. The van der Waals surface area contributed by atoms with Crippen LogP contribution in [0, 0.1) is 13.8 Å². The lowest BCUT2D eigenvalue weighted by Crippen LogP contribution is -2.27. The van der Waals surface area contributed by atoms with E-state index in [-0.39, 0.29) is 17.7 Å². The average molecular weight is 413 g/mol. The Labute approximate surface area is 175 Å². The van der Waals surface area contributed by atoms with Crippen LogP contribution in [-0.4, -0.2) is 33.8 Å². The molecule has 1 amide bonds. The first-order valence-electron chi connectivity index (χ1n) is 9.60. The van der Waals surface area contributed by atoms with E-state index in [2.05, 4.69) is 15.4 Å². The zero-order chi connectivity index (χ0) is 20.8. The van der Waals surface area contributed by atoms with Gasteiger partial charge in [-0.25, -0.2) is 9.67 Å². The van der Waals surface area contributed by atoms with E-state index < -0.39 is 0 Å². The molecule has 0 radical (unpaired) electrons. The van der Waals surface area contributed by atoms with Crippen LogP contribution >= 0.6 is 11.6 Å². The number of nitrogens with zero attached hydrogens (tertiary/aromatic N) is 3. The van der Waals surface area contributed by atoms with E-state index in [9.17, 15) is 4.79 Å². The van der Waals surface area contributed by atoms with Gasteiger partial charge < -0.3 is 10.1 Å². The number of amides is 1. The van der Waals surface area contributed by atoms with Crippen LogP contribution < -0.4 is 5.32 Å². The van der Waals surface area contributed by atoms with E-state index >= 15 is 0 Å². The van der Waals surface area contributed by atoms with Gasteiger partial charge in [0.25, 0.3) is 5.91 Å². The monoisotopic (exact) mass is 412 g/mol. The molecule has 152 valence electrons. The number of hydrogen-bond acceptors (Lipinski definition) is 4. The smallest absolute Gasteiger partial charge is 0.271 e. The summed E-state index contributed by atoms with van der Waals surface area (Å²) in [6.45, 7) is 6.88. The Morgan fingerprint density at radius 1 is 1.21 bits per heavy atom. The van der Waals surface area contributed by atoms with Gasteiger partial charge in [-0.15, -0.1) is 0 Å². The molecule has 1 N–H and O–H groups in total. The molecule has 1 atom stereocenters. The number of ether oxygens (including phenoxy) is 1. The standard InChI is InChI=1S/C22H25ClN4O2/c1-15-14-16(2)27(26-15)20-11-10-19(23)21(25-20)22(28)24-12-7-13-29-17(3)18-8-5-4-6-9-18/h4-6,8-11,14,17H,7,12-13H2,1-3H3,(H,24,28). The van der Waals surface area contributed by atoms with Crippen molar-refractivity contribution in [2.75, 3.05) is 13.2 Å². The Bertz CT molecular complexity index is 972. The van der Waals surface area contributed by atoms with Gasteiger partial charge in [0.1, 0.15) is 5.69 Å². The van der Waals surface area contributed by atoms with E-state index in [4.69, 9.17) is 16.3 Å². The van der Waals surface area contributed by atoms with Gasteiger partial charge in [-0.05, 0) is 51.0 Å². The molecule has 0 saturated carbocycles. The van der Waals surface area contributed by atoms with Crippen molar-refractivity contribution in [3.8, 4) is 5.82 Å². The maximum Gasteiger partial charge on any atom is 0.271 e. The lowest BCUT2D eigenvalue weighted by molar-refractivity contribution is 0.0634. The Kier molecular flexibility index (Phi) is 7.01. The fourth-order valence-corrected chi connectivity index (χ4v) is 3.20. The molecule has 6 nitrogen and oxygen atoms in total. The number of rotatable bonds is 8. The van der Waals surface area contributed by atoms with Crippen LogP contribution in [0.3, 0.4) is 0 Å². The third-order valence-corrected chi connectivity index (χ3v) is 4.82. The summed E-state index contributed by atoms with van der Waals surface area (Å²) >= 11 is 6.20. The number of aromatic nitrogens is 3. The van der Waals surface area contributed by atoms with Crippen LogP contribution in [-0.2, 0) is 4.74 Å². The second-order valence-corrected chi connectivity index (χ2v) is 7.28. The first-order valence-corrected chi connectivity index (χ1v) is 9.98. The highest BCUT2D eigenvalue weighted by atomic mass is 35.5. The molecule has 2 aromatic heterocycles. The molecule has 1 unspecified atom stereocenters. The van der Waals surface area contributed by atoms with Gasteiger partial charge in [0, 0.05) is 18.8 Å². The lowest BCUT2D eigenvalue weighted by Gasteiger charge is -2.13. The molecular formula is C22H25ClN4O2. The molecular weight excluding hydrogens is 388 g/mol. The van der Waals surface area contributed by atoms with E-state index in [1.54, 1.807) is 16.8 Å². The molecule has 0 aliphatic carbocycles. The topological polar surface area (TPSA) is 69.0 Å². The van der Waals surface area contributed by atoms with Crippen molar-refractivity contribution in [3.05, 3.63) is 76.2 Å². The van der Waals surface area contributed by atoms with Gasteiger partial charge in [-0.3, -0.25) is 4.79 Å². The maximum atomic E-state index is 12.5. The number of carbonyl (C=O) groups excluding carboxylic acids is 1. The van der Waals surface area contributed by atoms with Crippen LogP contribution in [0.25, 0.3) is 5.82 Å². The van der Waals surface area contributed by atoms with Crippen molar-refractivity contribution in [1.29, 1.82) is 0 Å². The molecule has 3 rings (SSSR count). The van der Waals surface area contributed by atoms with Gasteiger partial charge in [0.05, 0.1) is 16.8 Å². The number of carbonyl (C=O) groups is 1. The maximum absolute atomic E-state index is 12.5. The molecule has 0 saturated heterocycles. The SMILES string of the molecule is Cc1cc(C)n(-c2ccc(Cl)c(C(=O)NCCCOC(C)c3ccccc3)n2)n1. The predicted molar refractivity (Wildman–Crippen MR) is 114 cm³/mol. The second kappa shape index (κ2) is 9.67. The molecule has 29 heavy (non-hydrogen) atoms. The molecule has 3 aromatic rings. The molecule has 0 aliphatic heterocycles. The van der Waals surface area contributed by atoms with E-state index in [1.165, 1.54) is 0 Å². The minimum atomic E-state index is -0.311. The van der Waals surface area contributed by atoms with Crippen molar-refractivity contribution in [1.82, 2.24) is 20.1 Å². The molecule has 0 spiro atoms. The largest absolute Gasteiger partial charge is 0.374 e. The van der Waals surface area contributed by atoms with Crippen LogP contribution in [0.2, 0.25) is 5.02 Å². The number of pyridine rings is 1. The zero-order valence-corrected chi connectivity index (χ0v) is 17.6. The third kappa shape index (κ3) is 5.43. The number of nitrogens with one attached hydrogen (secondary N) is 1. The summed E-state index contributed by atoms with van der Waals surface area (Å²) in [5.74, 6) is 0.250. The minimum Gasteiger partial charge on any atom is -0.374 e. The predicted octanol–water partition coefficient (Wildman–Crippen LogP) is 4.44. The lowest BCUT2D eigenvalue weighted by atomic mass is 10.1. The Hall–Kier alpha value is -2.70. The summed E-state index contributed by atoms with van der Waals surface area (Å²) < 4.78 is 7.52. The van der Waals surface area contributed by atoms with Crippen molar-refractivity contribution < 1.29 is 9.53 Å². The molecule has 0 bridgehead atoms. The summed E-state index contributed by atoms with van der Waals surface area (Å²) in [6.07, 6.45) is 0.706. The van der Waals surface area contributed by atoms with Crippen LogP contribution in [0.1, 0.15) is 46.9 Å². The fourth-order valence-electron chi connectivity index (χ4n) is 3.01. The second-order valence-electron chi connectivity index (χ2n) is 6.87. The Morgan fingerprint density at radius 3 is 2.66 bits per heavy atom. The van der Waals surface area contributed by atoms with E-state index in [1.807, 2.05) is 57.2 Å². The first kappa shape index (κ1) is 21.0. The molecule has 0 aliphatic rings. The highest BCUT2D eigenvalue weighted by Gasteiger charge is 2.15. The van der Waals surface area contributed by atoms with Crippen LogP contribution in [0.5, 0.6) is 0 Å². The first-order chi connectivity index (χ1) is 14.0. The molecule has 2 heterocycles. The van der Waals surface area contributed by atoms with Crippen molar-refractivity contribution >= 4 is 17.5 Å². The number of halogens is 1. The minimum absolute atomic E-state index is 0.0143. The van der Waals surface area contributed by atoms with Crippen LogP contribution in [0.15, 0.2) is 48.5 Å². The van der Waals surface area contributed by atoms with Crippen molar-refractivity contribution in [2.24, 2.45) is 0 Å². The summed E-state index contributed by atoms with van der Waals surface area (Å²) in [6, 6.07) is 15.4. The third-order valence-electron chi connectivity index (χ3n) is 4.52. The summed E-state index contributed by atoms with van der Waals surface area (Å²) in [5, 5.41) is 7.56. The highest BCUT2D eigenvalue weighted by molar-refractivity contribution is 6.33. The van der Waals surface area contributed by atoms with Crippen LogP contribution in [0.4, 0.5) is 0 Å². The molecule has 7 heteroatoms. The average Bonchev–Trinajstić information content (AvgIpc) is 3.06. The van der Waals surface area contributed by atoms with Crippen molar-refractivity contribution in [3.63, 3.8) is 0 Å². The summed E-state index contributed by atoms with van der Waals surface area (Å²) in [7, 11) is 0. The molecule has 1 aromatic carbocycles. The van der Waals surface area contributed by atoms with Gasteiger partial charge in [-0.1, -0.05) is 41.9 Å². The number of hydrogen-bond donors (Lipinski definition) is 1. The van der Waals surface area contributed by atoms with E-state index in [0.717, 1.165) is 17.0 Å². The van der Waals surface area contributed by atoms with Crippen molar-refractivity contribution in [2.45, 2.75) is 33.3 Å². The summed E-state index contributed by atoms with van der Waals surface area (Å²) in [4.78, 5) is 16.9. The van der Waals surface area contributed by atoms with Gasteiger partial charge in [0.2, 0.25) is 0 Å². The summed E-state index contributed by atoms with van der Waals surface area (Å²) in [5.41, 5.74) is 3.15. The number of benzene rings is 1. The van der Waals surface area contributed by atoms with Gasteiger partial charge in [0.15, 0.2) is 5.82 Å². The molecule has 0 fully saturated rings. The highest BCUT2D eigenvalue weighted by Crippen LogP contribution is 2.18. The quantitative estimate of drug-likeness (QED) is 0.555. The fraction of sp³-hybridized carbons (Fsp3) is 0.318. The van der Waals surface area contributed by atoms with Gasteiger partial charge in [-0.2, -0.15) is 5.10 Å². The van der Waals surface area contributed by atoms with E-state index in [0.29, 0.717) is 30.4 Å². The zero-order valence-electron chi connectivity index (χ0n) is 16.9.